The van der Waals surface area contributed by atoms with Crippen molar-refractivity contribution in [3.8, 4) is 0 Å². The molecule has 0 fully saturated rings. The molecule has 0 aliphatic carbocycles. The van der Waals surface area contributed by atoms with Crippen LogP contribution in [0.4, 0.5) is 0 Å². The highest BCUT2D eigenvalue weighted by molar-refractivity contribution is 7.99. The number of carboxylic acid groups (broad SMARTS) is 1. The summed E-state index contributed by atoms with van der Waals surface area (Å²) >= 11 is 1.55. The zero-order valence-electron chi connectivity index (χ0n) is 13.6. The van der Waals surface area contributed by atoms with Crippen LogP contribution in [0.2, 0.25) is 0 Å². The topological polar surface area (TPSA) is 66.4 Å². The number of hydrogen-bond donors (Lipinski definition) is 2. The Bertz CT molecular complexity index is 504. The first kappa shape index (κ1) is 18.6. The number of thioether (sulfide) groups is 1. The summed E-state index contributed by atoms with van der Waals surface area (Å²) in [5.41, 5.74) is 0.439. The van der Waals surface area contributed by atoms with Gasteiger partial charge >= 0.3 is 5.97 Å². The van der Waals surface area contributed by atoms with Gasteiger partial charge in [-0.2, -0.15) is 0 Å². The molecule has 0 aromatic heterocycles. The normalized spacial score (nSPS) is 15.1. The van der Waals surface area contributed by atoms with Crippen LogP contribution in [0.25, 0.3) is 0 Å². The molecule has 1 amide bonds. The maximum absolute atomic E-state index is 12.3. The predicted molar refractivity (Wildman–Crippen MR) is 90.8 cm³/mol. The van der Waals surface area contributed by atoms with Gasteiger partial charge in [0.2, 0.25) is 5.91 Å². The Balaban J connectivity index is 2.59. The fourth-order valence-electron chi connectivity index (χ4n) is 1.96. The lowest BCUT2D eigenvalue weighted by Gasteiger charge is -2.34. The molecule has 0 bridgehead atoms. The molecule has 0 spiro atoms. The Labute approximate surface area is 136 Å². The van der Waals surface area contributed by atoms with E-state index in [1.54, 1.807) is 18.7 Å². The Morgan fingerprint density at radius 3 is 2.32 bits per heavy atom. The molecule has 0 aliphatic heterocycles. The largest absolute Gasteiger partial charge is 0.481 e. The first-order valence-corrected chi connectivity index (χ1v) is 8.49. The van der Waals surface area contributed by atoms with Gasteiger partial charge in [0.1, 0.15) is 0 Å². The van der Waals surface area contributed by atoms with Gasteiger partial charge in [0.05, 0.1) is 11.7 Å². The van der Waals surface area contributed by atoms with E-state index in [0.717, 1.165) is 5.75 Å². The van der Waals surface area contributed by atoms with Gasteiger partial charge in [0, 0.05) is 11.3 Å². The lowest BCUT2D eigenvalue weighted by molar-refractivity contribution is -0.139. The molecule has 2 unspecified atom stereocenters. The smallest absolute Gasteiger partial charge is 0.305 e. The van der Waals surface area contributed by atoms with Crippen LogP contribution in [0.3, 0.4) is 0 Å². The summed E-state index contributed by atoms with van der Waals surface area (Å²) in [6, 6.07) is 9.97. The Hall–Kier alpha value is -1.49. The molecule has 4 nitrogen and oxygen atoms in total. The third kappa shape index (κ3) is 5.72. The van der Waals surface area contributed by atoms with Crippen molar-refractivity contribution < 1.29 is 14.7 Å². The minimum absolute atomic E-state index is 0.0406. The van der Waals surface area contributed by atoms with Crippen molar-refractivity contribution in [2.75, 3.05) is 0 Å². The van der Waals surface area contributed by atoms with Crippen LogP contribution in [0.5, 0.6) is 0 Å². The standard InChI is InChI=1S/C17H25NO3S/c1-12(2)17(4,10-15(19)20)18-16(21)13(3)22-11-14-8-6-5-7-9-14/h5-9,12-13H,10-11H2,1-4H3,(H,18,21)(H,19,20). The molecule has 1 rings (SSSR count). The monoisotopic (exact) mass is 323 g/mol. The fourth-order valence-corrected chi connectivity index (χ4v) is 2.81. The van der Waals surface area contributed by atoms with Crippen molar-refractivity contribution in [3.63, 3.8) is 0 Å². The summed E-state index contributed by atoms with van der Waals surface area (Å²) in [7, 11) is 0. The minimum atomic E-state index is -0.902. The zero-order chi connectivity index (χ0) is 16.8. The summed E-state index contributed by atoms with van der Waals surface area (Å²) < 4.78 is 0. The zero-order valence-corrected chi connectivity index (χ0v) is 14.4. The second kappa shape index (κ2) is 8.22. The number of carbonyl (C=O) groups is 2. The predicted octanol–water partition coefficient (Wildman–Crippen LogP) is 3.31. The summed E-state index contributed by atoms with van der Waals surface area (Å²) in [5, 5.41) is 11.7. The van der Waals surface area contributed by atoms with Gasteiger partial charge in [-0.1, -0.05) is 44.2 Å². The van der Waals surface area contributed by atoms with E-state index in [9.17, 15) is 9.59 Å². The molecule has 1 aromatic rings. The second-order valence-corrected chi connectivity index (χ2v) is 7.40. The Morgan fingerprint density at radius 2 is 1.82 bits per heavy atom. The van der Waals surface area contributed by atoms with Crippen LogP contribution in [0, 0.1) is 5.92 Å². The molecule has 122 valence electrons. The summed E-state index contributed by atoms with van der Waals surface area (Å²) in [6.45, 7) is 7.48. The molecule has 0 saturated heterocycles. The minimum Gasteiger partial charge on any atom is -0.481 e. The number of aliphatic carboxylic acids is 1. The lowest BCUT2D eigenvalue weighted by Crippen LogP contribution is -2.53. The van der Waals surface area contributed by atoms with Crippen LogP contribution in [0.1, 0.15) is 39.7 Å². The van der Waals surface area contributed by atoms with Gasteiger partial charge < -0.3 is 10.4 Å². The highest BCUT2D eigenvalue weighted by Crippen LogP contribution is 2.23. The van der Waals surface area contributed by atoms with E-state index in [1.807, 2.05) is 51.1 Å². The molecule has 1 aromatic carbocycles. The first-order valence-electron chi connectivity index (χ1n) is 7.44. The molecule has 2 N–H and O–H groups in total. The van der Waals surface area contributed by atoms with E-state index in [2.05, 4.69) is 5.32 Å². The molecule has 5 heteroatoms. The quantitative estimate of drug-likeness (QED) is 0.770. The van der Waals surface area contributed by atoms with E-state index in [0.29, 0.717) is 0 Å². The summed E-state index contributed by atoms with van der Waals surface area (Å²) in [4.78, 5) is 23.4. The van der Waals surface area contributed by atoms with Gasteiger partial charge in [-0.3, -0.25) is 9.59 Å². The third-order valence-electron chi connectivity index (χ3n) is 3.91. The lowest BCUT2D eigenvalue weighted by atomic mass is 9.85. The van der Waals surface area contributed by atoms with Crippen LogP contribution >= 0.6 is 11.8 Å². The van der Waals surface area contributed by atoms with Crippen molar-refractivity contribution in [1.82, 2.24) is 5.32 Å². The highest BCUT2D eigenvalue weighted by atomic mass is 32.2. The van der Waals surface area contributed by atoms with Gasteiger partial charge in [0.15, 0.2) is 0 Å². The van der Waals surface area contributed by atoms with Crippen molar-refractivity contribution in [2.24, 2.45) is 5.92 Å². The molecule has 22 heavy (non-hydrogen) atoms. The van der Waals surface area contributed by atoms with E-state index >= 15 is 0 Å². The molecular formula is C17H25NO3S. The SMILES string of the molecule is CC(SCc1ccccc1)C(=O)NC(C)(CC(=O)O)C(C)C. The van der Waals surface area contributed by atoms with Crippen LogP contribution in [-0.4, -0.2) is 27.8 Å². The van der Waals surface area contributed by atoms with Gasteiger partial charge in [-0.25, -0.2) is 0 Å². The van der Waals surface area contributed by atoms with Crippen molar-refractivity contribution in [2.45, 2.75) is 50.7 Å². The van der Waals surface area contributed by atoms with Gasteiger partial charge in [0.25, 0.3) is 0 Å². The van der Waals surface area contributed by atoms with E-state index in [-0.39, 0.29) is 23.5 Å². The number of amides is 1. The molecule has 2 atom stereocenters. The molecule has 0 radical (unpaired) electrons. The number of benzene rings is 1. The maximum Gasteiger partial charge on any atom is 0.305 e. The van der Waals surface area contributed by atoms with Gasteiger partial charge in [-0.05, 0) is 25.3 Å². The van der Waals surface area contributed by atoms with Crippen LogP contribution in [0.15, 0.2) is 30.3 Å². The third-order valence-corrected chi connectivity index (χ3v) is 5.13. The fraction of sp³-hybridized carbons (Fsp3) is 0.529. The van der Waals surface area contributed by atoms with Gasteiger partial charge in [-0.15, -0.1) is 11.8 Å². The van der Waals surface area contributed by atoms with Crippen molar-refractivity contribution in [3.05, 3.63) is 35.9 Å². The summed E-state index contributed by atoms with van der Waals surface area (Å²) in [5.74, 6) is -0.217. The number of rotatable bonds is 8. The van der Waals surface area contributed by atoms with E-state index < -0.39 is 11.5 Å². The molecule has 0 saturated carbocycles. The Morgan fingerprint density at radius 1 is 1.23 bits per heavy atom. The average Bonchev–Trinajstić information content (AvgIpc) is 2.44. The van der Waals surface area contributed by atoms with E-state index in [4.69, 9.17) is 5.11 Å². The number of carboxylic acids is 1. The molecule has 0 heterocycles. The summed E-state index contributed by atoms with van der Waals surface area (Å²) in [6.07, 6.45) is -0.0769. The highest BCUT2D eigenvalue weighted by Gasteiger charge is 2.34. The van der Waals surface area contributed by atoms with E-state index in [1.165, 1.54) is 5.56 Å². The number of hydrogen-bond acceptors (Lipinski definition) is 3. The first-order chi connectivity index (χ1) is 10.2. The number of nitrogens with one attached hydrogen (secondary N) is 1. The van der Waals surface area contributed by atoms with Crippen LogP contribution < -0.4 is 5.32 Å². The second-order valence-electron chi connectivity index (χ2n) is 6.07. The molecule has 0 aliphatic rings. The average molecular weight is 323 g/mol. The maximum atomic E-state index is 12.3. The van der Waals surface area contributed by atoms with Crippen molar-refractivity contribution >= 4 is 23.6 Å². The van der Waals surface area contributed by atoms with Crippen LogP contribution in [-0.2, 0) is 15.3 Å². The Kier molecular flexibility index (Phi) is 6.94. The number of carbonyl (C=O) groups excluding carboxylic acids is 1. The van der Waals surface area contributed by atoms with Crippen molar-refractivity contribution in [1.29, 1.82) is 0 Å². The molecular weight excluding hydrogens is 298 g/mol.